The maximum Gasteiger partial charge on any atom is 0.412 e. The largest absolute Gasteiger partial charge is 0.465 e. The van der Waals surface area contributed by atoms with E-state index in [1.807, 2.05) is 6.07 Å². The summed E-state index contributed by atoms with van der Waals surface area (Å²) >= 11 is 0. The summed E-state index contributed by atoms with van der Waals surface area (Å²) in [6.45, 7) is 1.63. The average molecular weight is 311 g/mol. The van der Waals surface area contributed by atoms with Crippen molar-refractivity contribution >= 4 is 17.5 Å². The van der Waals surface area contributed by atoms with Crippen molar-refractivity contribution < 1.29 is 14.8 Å². The van der Waals surface area contributed by atoms with Gasteiger partial charge < -0.3 is 5.11 Å². The normalized spacial score (nSPS) is 11.3. The van der Waals surface area contributed by atoms with Crippen molar-refractivity contribution in [1.29, 1.82) is 5.26 Å². The highest BCUT2D eigenvalue weighted by Gasteiger charge is 2.29. The molecule has 116 valence electrons. The van der Waals surface area contributed by atoms with Crippen molar-refractivity contribution in [1.82, 2.24) is 0 Å². The van der Waals surface area contributed by atoms with E-state index in [1.54, 1.807) is 37.3 Å². The second-order valence-electron chi connectivity index (χ2n) is 4.81. The van der Waals surface area contributed by atoms with Crippen LogP contribution in [0.15, 0.2) is 48.5 Å². The maximum atomic E-state index is 11.7. The molecular weight excluding hydrogens is 298 g/mol. The first-order valence-corrected chi connectivity index (χ1v) is 6.71. The van der Waals surface area contributed by atoms with Gasteiger partial charge in [0.05, 0.1) is 22.6 Å². The molecule has 0 unspecified atom stereocenters. The second kappa shape index (κ2) is 6.58. The summed E-state index contributed by atoms with van der Waals surface area (Å²) in [6.07, 6.45) is -1.33. The number of carboxylic acid groups (broad SMARTS) is 1. The fourth-order valence-electron chi connectivity index (χ4n) is 2.30. The second-order valence-corrected chi connectivity index (χ2v) is 4.81. The molecule has 0 saturated carbocycles. The number of nitro groups is 1. The van der Waals surface area contributed by atoms with E-state index in [0.717, 1.165) is 11.0 Å². The van der Waals surface area contributed by atoms with Gasteiger partial charge in [-0.15, -0.1) is 0 Å². The first kappa shape index (κ1) is 16.0. The Hall–Kier alpha value is -3.40. The van der Waals surface area contributed by atoms with Gasteiger partial charge in [0.25, 0.3) is 5.69 Å². The number of hydrogen-bond acceptors (Lipinski definition) is 4. The zero-order chi connectivity index (χ0) is 17.0. The molecule has 1 amide bonds. The fourth-order valence-corrected chi connectivity index (χ4v) is 2.30. The summed E-state index contributed by atoms with van der Waals surface area (Å²) in [6, 6.07) is 13.6. The van der Waals surface area contributed by atoms with E-state index in [2.05, 4.69) is 0 Å². The molecule has 0 spiro atoms. The summed E-state index contributed by atoms with van der Waals surface area (Å²) < 4.78 is 0. The van der Waals surface area contributed by atoms with Gasteiger partial charge in [0, 0.05) is 6.07 Å². The van der Waals surface area contributed by atoms with E-state index >= 15 is 0 Å². The molecule has 2 aromatic rings. The van der Waals surface area contributed by atoms with Crippen LogP contribution in [0.3, 0.4) is 0 Å². The highest BCUT2D eigenvalue weighted by Crippen LogP contribution is 2.35. The molecule has 0 fully saturated rings. The number of benzene rings is 2. The van der Waals surface area contributed by atoms with E-state index in [1.165, 1.54) is 12.1 Å². The number of anilines is 1. The lowest BCUT2D eigenvalue weighted by Gasteiger charge is -2.26. The molecule has 1 atom stereocenters. The Kier molecular flexibility index (Phi) is 4.57. The van der Waals surface area contributed by atoms with Crippen molar-refractivity contribution in [2.45, 2.75) is 13.0 Å². The number of nitrogens with zero attached hydrogens (tertiary/aromatic N) is 3. The number of rotatable bonds is 4. The predicted octanol–water partition coefficient (Wildman–Crippen LogP) is 3.71. The Balaban J connectivity index is 2.60. The molecule has 2 aromatic carbocycles. The van der Waals surface area contributed by atoms with E-state index in [-0.39, 0.29) is 16.9 Å². The number of carbonyl (C=O) groups is 1. The minimum Gasteiger partial charge on any atom is -0.465 e. The third kappa shape index (κ3) is 3.27. The molecule has 0 aliphatic carbocycles. The minimum absolute atomic E-state index is 0.127. The van der Waals surface area contributed by atoms with Crippen LogP contribution >= 0.6 is 0 Å². The van der Waals surface area contributed by atoms with Crippen LogP contribution < -0.4 is 4.90 Å². The summed E-state index contributed by atoms with van der Waals surface area (Å²) in [5, 5.41) is 29.7. The molecule has 0 aliphatic heterocycles. The molecule has 1 N–H and O–H groups in total. The van der Waals surface area contributed by atoms with Gasteiger partial charge in [-0.25, -0.2) is 4.79 Å². The number of hydrogen-bond donors (Lipinski definition) is 1. The summed E-state index contributed by atoms with van der Waals surface area (Å²) in [4.78, 5) is 23.2. The molecule has 0 aliphatic rings. The van der Waals surface area contributed by atoms with Gasteiger partial charge >= 0.3 is 6.09 Å². The Morgan fingerprint density at radius 2 is 1.96 bits per heavy atom. The lowest BCUT2D eigenvalue weighted by molar-refractivity contribution is -0.384. The Morgan fingerprint density at radius 1 is 1.30 bits per heavy atom. The monoisotopic (exact) mass is 311 g/mol. The fraction of sp³-hybridized carbons (Fsp3) is 0.125. The predicted molar refractivity (Wildman–Crippen MR) is 83.2 cm³/mol. The lowest BCUT2D eigenvalue weighted by atomic mass is 10.1. The van der Waals surface area contributed by atoms with Gasteiger partial charge in [0.2, 0.25) is 0 Å². The molecule has 0 heterocycles. The Bertz CT molecular complexity index is 784. The third-order valence-corrected chi connectivity index (χ3v) is 3.44. The topological polar surface area (TPSA) is 107 Å². The molecule has 0 bridgehead atoms. The van der Waals surface area contributed by atoms with Crippen molar-refractivity contribution in [3.8, 4) is 6.07 Å². The molecule has 7 heteroatoms. The lowest BCUT2D eigenvalue weighted by Crippen LogP contribution is -2.32. The number of amides is 1. The van der Waals surface area contributed by atoms with Gasteiger partial charge in [0.1, 0.15) is 5.69 Å². The van der Waals surface area contributed by atoms with Crippen molar-refractivity contribution in [2.75, 3.05) is 4.90 Å². The van der Waals surface area contributed by atoms with Gasteiger partial charge in [0.15, 0.2) is 0 Å². The van der Waals surface area contributed by atoms with Crippen LogP contribution in [0.2, 0.25) is 0 Å². The maximum absolute atomic E-state index is 11.7. The Morgan fingerprint density at radius 3 is 2.48 bits per heavy atom. The summed E-state index contributed by atoms with van der Waals surface area (Å²) in [5.41, 5.74) is 0.343. The first-order valence-electron chi connectivity index (χ1n) is 6.71. The van der Waals surface area contributed by atoms with Crippen LogP contribution in [0.5, 0.6) is 0 Å². The van der Waals surface area contributed by atoms with E-state index in [4.69, 9.17) is 5.26 Å². The van der Waals surface area contributed by atoms with Crippen LogP contribution in [-0.4, -0.2) is 16.1 Å². The average Bonchev–Trinajstić information content (AvgIpc) is 2.55. The van der Waals surface area contributed by atoms with Crippen LogP contribution in [0, 0.1) is 21.4 Å². The van der Waals surface area contributed by atoms with Crippen LogP contribution in [0.4, 0.5) is 16.2 Å². The molecule has 2 rings (SSSR count). The van der Waals surface area contributed by atoms with Crippen LogP contribution in [0.25, 0.3) is 0 Å². The standard InChI is InChI=1S/C16H13N3O4/c1-11(13-5-3-2-4-6-13)18(16(20)21)15-9-12(10-17)7-8-14(15)19(22)23/h2-9,11H,1H3,(H,20,21)/t11-/m0/s1. The summed E-state index contributed by atoms with van der Waals surface area (Å²) in [7, 11) is 0. The zero-order valence-corrected chi connectivity index (χ0v) is 12.2. The van der Waals surface area contributed by atoms with Crippen LogP contribution in [-0.2, 0) is 0 Å². The zero-order valence-electron chi connectivity index (χ0n) is 12.2. The molecule has 23 heavy (non-hydrogen) atoms. The van der Waals surface area contributed by atoms with Crippen molar-refractivity contribution in [2.24, 2.45) is 0 Å². The number of nitriles is 1. The van der Waals surface area contributed by atoms with Crippen molar-refractivity contribution in [3.05, 3.63) is 69.8 Å². The number of nitro benzene ring substituents is 1. The van der Waals surface area contributed by atoms with Crippen molar-refractivity contribution in [3.63, 3.8) is 0 Å². The summed E-state index contributed by atoms with van der Waals surface area (Å²) in [5.74, 6) is 0. The Labute approximate surface area is 132 Å². The van der Waals surface area contributed by atoms with E-state index < -0.39 is 17.1 Å². The molecule has 0 aromatic heterocycles. The molecule has 0 saturated heterocycles. The van der Waals surface area contributed by atoms with Gasteiger partial charge in [-0.3, -0.25) is 15.0 Å². The molecule has 7 nitrogen and oxygen atoms in total. The van der Waals surface area contributed by atoms with E-state index in [0.29, 0.717) is 5.56 Å². The van der Waals surface area contributed by atoms with E-state index in [9.17, 15) is 20.0 Å². The smallest absolute Gasteiger partial charge is 0.412 e. The highest BCUT2D eigenvalue weighted by atomic mass is 16.6. The van der Waals surface area contributed by atoms with Gasteiger partial charge in [-0.1, -0.05) is 30.3 Å². The van der Waals surface area contributed by atoms with Crippen LogP contribution in [0.1, 0.15) is 24.1 Å². The highest BCUT2D eigenvalue weighted by molar-refractivity contribution is 5.90. The molecule has 0 radical (unpaired) electrons. The first-order chi connectivity index (χ1) is 11.0. The third-order valence-electron chi connectivity index (χ3n) is 3.44. The SMILES string of the molecule is C[C@@H](c1ccccc1)N(C(=O)O)c1cc(C#N)ccc1[N+](=O)[O-]. The molecular formula is C16H13N3O4. The van der Waals surface area contributed by atoms with Gasteiger partial charge in [-0.2, -0.15) is 5.26 Å². The quantitative estimate of drug-likeness (QED) is 0.684. The minimum atomic E-state index is -1.33. The van der Waals surface area contributed by atoms with Gasteiger partial charge in [-0.05, 0) is 24.6 Å².